The first-order chi connectivity index (χ1) is 7.61. The Hall–Kier alpha value is -1.52. The maximum Gasteiger partial charge on any atom is 0.265 e. The van der Waals surface area contributed by atoms with E-state index in [4.69, 9.17) is 0 Å². The monoisotopic (exact) mass is 226 g/mol. The number of piperidine rings is 1. The van der Waals surface area contributed by atoms with E-state index in [-0.39, 0.29) is 13.0 Å². The van der Waals surface area contributed by atoms with Crippen molar-refractivity contribution in [3.05, 3.63) is 24.0 Å². The molecule has 86 valence electrons. The Kier molecular flexibility index (Phi) is 2.85. The van der Waals surface area contributed by atoms with Crippen LogP contribution in [0.25, 0.3) is 0 Å². The highest BCUT2D eigenvalue weighted by Gasteiger charge is 2.35. The van der Waals surface area contributed by atoms with Gasteiger partial charge in [-0.05, 0) is 12.5 Å². The van der Waals surface area contributed by atoms with Crippen molar-refractivity contribution in [3.63, 3.8) is 0 Å². The van der Waals surface area contributed by atoms with E-state index in [2.05, 4.69) is 4.98 Å². The summed E-state index contributed by atoms with van der Waals surface area (Å²) in [5.74, 6) is -2.64. The Morgan fingerprint density at radius 2 is 2.25 bits per heavy atom. The summed E-state index contributed by atoms with van der Waals surface area (Å²) in [6, 6.07) is 1.58. The molecule has 1 aliphatic heterocycles. The molecule has 0 aliphatic carbocycles. The van der Waals surface area contributed by atoms with Crippen molar-refractivity contribution >= 4 is 12.0 Å². The lowest BCUT2D eigenvalue weighted by Crippen LogP contribution is -2.42. The number of hydrogen-bond acceptors (Lipinski definition) is 3. The fourth-order valence-electron chi connectivity index (χ4n) is 1.87. The third-order valence-electron chi connectivity index (χ3n) is 2.64. The van der Waals surface area contributed by atoms with Crippen LogP contribution in [0.1, 0.15) is 23.2 Å². The molecule has 1 saturated heterocycles. The van der Waals surface area contributed by atoms with Crippen LogP contribution in [-0.2, 0) is 0 Å². The second kappa shape index (κ2) is 4.15. The summed E-state index contributed by atoms with van der Waals surface area (Å²) in [7, 11) is 0. The quantitative estimate of drug-likeness (QED) is 0.724. The maximum atomic E-state index is 13.2. The molecular weight excluding hydrogens is 214 g/mol. The minimum absolute atomic E-state index is 0.0652. The molecule has 0 saturated carbocycles. The van der Waals surface area contributed by atoms with Crippen LogP contribution < -0.4 is 4.90 Å². The lowest BCUT2D eigenvalue weighted by molar-refractivity contribution is -0.0116. The normalized spacial score (nSPS) is 19.5. The third-order valence-corrected chi connectivity index (χ3v) is 2.64. The number of carbonyl (C=O) groups excluding carboxylic acids is 1. The fourth-order valence-corrected chi connectivity index (χ4v) is 1.87. The molecule has 1 aromatic heterocycles. The van der Waals surface area contributed by atoms with Gasteiger partial charge in [0.15, 0.2) is 6.29 Å². The smallest absolute Gasteiger partial charge is 0.265 e. The van der Waals surface area contributed by atoms with E-state index in [0.717, 1.165) is 0 Å². The van der Waals surface area contributed by atoms with E-state index in [1.807, 2.05) is 0 Å². The van der Waals surface area contributed by atoms with Gasteiger partial charge in [-0.1, -0.05) is 0 Å². The summed E-state index contributed by atoms with van der Waals surface area (Å²) in [5, 5.41) is 0. The van der Waals surface area contributed by atoms with Crippen LogP contribution in [0.15, 0.2) is 18.5 Å². The highest BCUT2D eigenvalue weighted by Crippen LogP contribution is 2.29. The predicted molar refractivity (Wildman–Crippen MR) is 56.0 cm³/mol. The molecule has 0 amide bonds. The van der Waals surface area contributed by atoms with E-state index >= 15 is 0 Å². The summed E-state index contributed by atoms with van der Waals surface area (Å²) in [4.78, 5) is 16.0. The van der Waals surface area contributed by atoms with E-state index in [1.54, 1.807) is 11.0 Å². The molecule has 0 spiro atoms. The van der Waals surface area contributed by atoms with Crippen molar-refractivity contribution < 1.29 is 13.6 Å². The number of anilines is 1. The third kappa shape index (κ3) is 2.35. The van der Waals surface area contributed by atoms with Gasteiger partial charge in [0.1, 0.15) is 0 Å². The number of nitrogens with zero attached hydrogens (tertiary/aromatic N) is 2. The molecule has 5 heteroatoms. The van der Waals surface area contributed by atoms with Gasteiger partial charge in [0.05, 0.1) is 18.4 Å². The molecule has 0 bridgehead atoms. The van der Waals surface area contributed by atoms with Crippen LogP contribution in [0, 0.1) is 0 Å². The van der Waals surface area contributed by atoms with Gasteiger partial charge >= 0.3 is 0 Å². The van der Waals surface area contributed by atoms with E-state index in [1.165, 1.54) is 12.4 Å². The molecule has 0 unspecified atom stereocenters. The summed E-state index contributed by atoms with van der Waals surface area (Å²) in [6.07, 6.45) is 3.98. The van der Waals surface area contributed by atoms with Gasteiger partial charge in [0.25, 0.3) is 5.92 Å². The number of halogens is 2. The summed E-state index contributed by atoms with van der Waals surface area (Å²) >= 11 is 0. The standard InChI is InChI=1S/C11H12F2N2O/c12-11(13)2-1-3-15(8-11)10-4-9(7-16)5-14-6-10/h4-7H,1-3,8H2. The number of pyridine rings is 1. The number of alkyl halides is 2. The number of aldehydes is 1. The molecule has 2 rings (SSSR count). The van der Waals surface area contributed by atoms with Crippen LogP contribution in [0.3, 0.4) is 0 Å². The van der Waals surface area contributed by atoms with Gasteiger partial charge in [0.2, 0.25) is 0 Å². The van der Waals surface area contributed by atoms with Crippen molar-refractivity contribution in [3.8, 4) is 0 Å². The molecule has 0 radical (unpaired) electrons. The first-order valence-electron chi connectivity index (χ1n) is 5.14. The molecule has 0 N–H and O–H groups in total. The topological polar surface area (TPSA) is 33.2 Å². The first kappa shape index (κ1) is 11.0. The molecule has 3 nitrogen and oxygen atoms in total. The zero-order chi connectivity index (χ0) is 11.6. The van der Waals surface area contributed by atoms with E-state index in [0.29, 0.717) is 30.5 Å². The second-order valence-electron chi connectivity index (χ2n) is 3.98. The lowest BCUT2D eigenvalue weighted by atomic mass is 10.1. The van der Waals surface area contributed by atoms with Crippen LogP contribution in [0.2, 0.25) is 0 Å². The Morgan fingerprint density at radius 1 is 1.44 bits per heavy atom. The number of hydrogen-bond donors (Lipinski definition) is 0. The van der Waals surface area contributed by atoms with Crippen molar-refractivity contribution in [2.75, 3.05) is 18.0 Å². The zero-order valence-electron chi connectivity index (χ0n) is 8.70. The Bertz CT molecular complexity index is 395. The van der Waals surface area contributed by atoms with E-state index < -0.39 is 5.92 Å². The van der Waals surface area contributed by atoms with Crippen LogP contribution in [-0.4, -0.2) is 30.3 Å². The minimum atomic E-state index is -2.64. The highest BCUT2D eigenvalue weighted by molar-refractivity contribution is 5.76. The predicted octanol–water partition coefficient (Wildman–Crippen LogP) is 2.13. The Balaban J connectivity index is 2.20. The van der Waals surface area contributed by atoms with E-state index in [9.17, 15) is 13.6 Å². The van der Waals surface area contributed by atoms with Gasteiger partial charge in [-0.3, -0.25) is 9.78 Å². The Labute approximate surface area is 92.1 Å². The molecule has 0 aromatic carbocycles. The van der Waals surface area contributed by atoms with Crippen LogP contribution >= 0.6 is 0 Å². The highest BCUT2D eigenvalue weighted by atomic mass is 19.3. The molecular formula is C11H12F2N2O. The van der Waals surface area contributed by atoms with Crippen LogP contribution in [0.4, 0.5) is 14.5 Å². The summed E-state index contributed by atoms with van der Waals surface area (Å²) in [6.45, 7) is 0.288. The number of carbonyl (C=O) groups is 1. The molecule has 16 heavy (non-hydrogen) atoms. The SMILES string of the molecule is O=Cc1cncc(N2CCCC(F)(F)C2)c1. The molecule has 1 fully saturated rings. The number of aromatic nitrogens is 1. The van der Waals surface area contributed by atoms with Crippen molar-refractivity contribution in [2.24, 2.45) is 0 Å². The van der Waals surface area contributed by atoms with Gasteiger partial charge in [-0.25, -0.2) is 8.78 Å². The van der Waals surface area contributed by atoms with Gasteiger partial charge < -0.3 is 4.90 Å². The van der Waals surface area contributed by atoms with Crippen LogP contribution in [0.5, 0.6) is 0 Å². The van der Waals surface area contributed by atoms with Crippen molar-refractivity contribution in [1.82, 2.24) is 4.98 Å². The molecule has 0 atom stereocenters. The summed E-state index contributed by atoms with van der Waals surface area (Å²) in [5.41, 5.74) is 0.996. The first-order valence-corrected chi connectivity index (χ1v) is 5.14. The maximum absolute atomic E-state index is 13.2. The van der Waals surface area contributed by atoms with Gasteiger partial charge in [-0.2, -0.15) is 0 Å². The molecule has 2 heterocycles. The Morgan fingerprint density at radius 3 is 2.94 bits per heavy atom. The minimum Gasteiger partial charge on any atom is -0.364 e. The van der Waals surface area contributed by atoms with Gasteiger partial charge in [0, 0.05) is 24.7 Å². The van der Waals surface area contributed by atoms with Crippen molar-refractivity contribution in [2.45, 2.75) is 18.8 Å². The average molecular weight is 226 g/mol. The fraction of sp³-hybridized carbons (Fsp3) is 0.455. The summed E-state index contributed by atoms with van der Waals surface area (Å²) < 4.78 is 26.4. The molecule has 1 aliphatic rings. The average Bonchev–Trinajstić information content (AvgIpc) is 2.28. The van der Waals surface area contributed by atoms with Crippen molar-refractivity contribution in [1.29, 1.82) is 0 Å². The van der Waals surface area contributed by atoms with Gasteiger partial charge in [-0.15, -0.1) is 0 Å². The zero-order valence-corrected chi connectivity index (χ0v) is 8.70. The molecule has 1 aromatic rings. The second-order valence-corrected chi connectivity index (χ2v) is 3.98. The lowest BCUT2D eigenvalue weighted by Gasteiger charge is -2.33. The largest absolute Gasteiger partial charge is 0.364 e. The number of rotatable bonds is 2.